The summed E-state index contributed by atoms with van der Waals surface area (Å²) in [5.41, 5.74) is 1.36. The Bertz CT molecular complexity index is 605. The van der Waals surface area contributed by atoms with Crippen molar-refractivity contribution in [3.63, 3.8) is 0 Å². The molecule has 2 heterocycles. The maximum Gasteiger partial charge on any atom is 0.113 e. The van der Waals surface area contributed by atoms with Gasteiger partial charge in [0, 0.05) is 43.5 Å². The van der Waals surface area contributed by atoms with Gasteiger partial charge in [0.05, 0.1) is 23.9 Å². The van der Waals surface area contributed by atoms with Crippen molar-refractivity contribution >= 4 is 36.2 Å². The molecule has 0 radical (unpaired) electrons. The maximum atomic E-state index is 10.4. The number of aromatic nitrogens is 1. The standard InChI is InChI=1S/C17H23N3O2S.2ClH/c21-17(12-19-8-9-22-13-17)11-18-7-6-16-20-15(10-23-16)14-4-2-1-3-5-14;;/h1-5,10,18-19,21H,6-9,11-13H2;2*1H. The number of thiazole rings is 1. The summed E-state index contributed by atoms with van der Waals surface area (Å²) in [7, 11) is 0. The molecule has 1 fully saturated rings. The zero-order chi connectivity index (χ0) is 16.0. The molecule has 0 bridgehead atoms. The summed E-state index contributed by atoms with van der Waals surface area (Å²) >= 11 is 1.68. The van der Waals surface area contributed by atoms with Crippen LogP contribution in [-0.4, -0.2) is 55.1 Å². The first-order valence-corrected chi connectivity index (χ1v) is 8.85. The number of ether oxygens (including phenoxy) is 1. The van der Waals surface area contributed by atoms with Crippen molar-refractivity contribution in [2.45, 2.75) is 12.0 Å². The third-order valence-electron chi connectivity index (χ3n) is 3.84. The van der Waals surface area contributed by atoms with E-state index in [2.05, 4.69) is 33.1 Å². The fourth-order valence-electron chi connectivity index (χ4n) is 2.58. The maximum absolute atomic E-state index is 10.4. The molecule has 1 unspecified atom stereocenters. The van der Waals surface area contributed by atoms with Crippen molar-refractivity contribution < 1.29 is 9.84 Å². The van der Waals surface area contributed by atoms with Crippen LogP contribution in [-0.2, 0) is 11.2 Å². The van der Waals surface area contributed by atoms with Gasteiger partial charge in [-0.2, -0.15) is 0 Å². The number of β-amino-alcohol motifs (C(OH)–C–C–N with tert-alkyl or cyclic N) is 1. The fraction of sp³-hybridized carbons (Fsp3) is 0.471. The highest BCUT2D eigenvalue weighted by Crippen LogP contribution is 2.21. The SMILES string of the molecule is Cl.Cl.OC1(CNCCc2nc(-c3ccccc3)cs2)CNCCOC1. The van der Waals surface area contributed by atoms with Crippen LogP contribution in [0.25, 0.3) is 11.3 Å². The van der Waals surface area contributed by atoms with Crippen LogP contribution in [0.1, 0.15) is 5.01 Å². The first kappa shape index (κ1) is 22.3. The van der Waals surface area contributed by atoms with Crippen molar-refractivity contribution in [3.05, 3.63) is 40.7 Å². The largest absolute Gasteiger partial charge is 0.385 e. The molecular formula is C17H25Cl2N3O2S. The quantitative estimate of drug-likeness (QED) is 0.642. The molecule has 1 aliphatic rings. The lowest BCUT2D eigenvalue weighted by Gasteiger charge is -2.26. The van der Waals surface area contributed by atoms with E-state index in [1.165, 1.54) is 0 Å². The highest BCUT2D eigenvalue weighted by Gasteiger charge is 2.28. The van der Waals surface area contributed by atoms with Gasteiger partial charge in [-0.3, -0.25) is 0 Å². The van der Waals surface area contributed by atoms with Gasteiger partial charge in [-0.15, -0.1) is 36.2 Å². The van der Waals surface area contributed by atoms with E-state index >= 15 is 0 Å². The number of halogens is 2. The number of nitrogens with zero attached hydrogens (tertiary/aromatic N) is 1. The smallest absolute Gasteiger partial charge is 0.113 e. The van der Waals surface area contributed by atoms with Gasteiger partial charge >= 0.3 is 0 Å². The van der Waals surface area contributed by atoms with E-state index in [-0.39, 0.29) is 24.8 Å². The Morgan fingerprint density at radius 1 is 1.28 bits per heavy atom. The molecule has 5 nitrogen and oxygen atoms in total. The molecule has 1 aromatic heterocycles. The van der Waals surface area contributed by atoms with Crippen LogP contribution in [0.2, 0.25) is 0 Å². The Kier molecular flexibility index (Phi) is 9.89. The molecule has 140 valence electrons. The Morgan fingerprint density at radius 3 is 2.88 bits per heavy atom. The van der Waals surface area contributed by atoms with E-state index in [1.54, 1.807) is 11.3 Å². The lowest BCUT2D eigenvalue weighted by atomic mass is 10.1. The topological polar surface area (TPSA) is 66.4 Å². The first-order valence-electron chi connectivity index (χ1n) is 7.97. The van der Waals surface area contributed by atoms with Gasteiger partial charge in [0.25, 0.3) is 0 Å². The molecule has 8 heteroatoms. The van der Waals surface area contributed by atoms with E-state index in [0.29, 0.717) is 26.3 Å². The van der Waals surface area contributed by atoms with Crippen molar-refractivity contribution in [1.82, 2.24) is 15.6 Å². The van der Waals surface area contributed by atoms with E-state index in [9.17, 15) is 5.11 Å². The normalized spacial score (nSPS) is 20.2. The molecule has 25 heavy (non-hydrogen) atoms. The Hall–Kier alpha value is -0.730. The van der Waals surface area contributed by atoms with E-state index in [0.717, 1.165) is 35.8 Å². The summed E-state index contributed by atoms with van der Waals surface area (Å²) in [6.07, 6.45) is 0.863. The summed E-state index contributed by atoms with van der Waals surface area (Å²) in [4.78, 5) is 4.68. The van der Waals surface area contributed by atoms with Gasteiger partial charge in [0.15, 0.2) is 0 Å². The summed E-state index contributed by atoms with van der Waals surface area (Å²) in [6.45, 7) is 3.71. The fourth-order valence-corrected chi connectivity index (χ4v) is 3.38. The zero-order valence-electron chi connectivity index (χ0n) is 13.9. The lowest BCUT2D eigenvalue weighted by Crippen LogP contribution is -2.50. The summed E-state index contributed by atoms with van der Waals surface area (Å²) in [5, 5.41) is 20.2. The molecule has 1 aromatic carbocycles. The second-order valence-corrected chi connectivity index (χ2v) is 6.82. The third-order valence-corrected chi connectivity index (χ3v) is 4.75. The van der Waals surface area contributed by atoms with Gasteiger partial charge in [-0.05, 0) is 0 Å². The average Bonchev–Trinajstić information content (AvgIpc) is 2.94. The summed E-state index contributed by atoms with van der Waals surface area (Å²) < 4.78 is 5.41. The number of benzene rings is 1. The van der Waals surface area contributed by atoms with E-state index in [1.807, 2.05) is 18.2 Å². The molecule has 1 saturated heterocycles. The van der Waals surface area contributed by atoms with Crippen LogP contribution < -0.4 is 10.6 Å². The zero-order valence-corrected chi connectivity index (χ0v) is 16.4. The molecule has 1 atom stereocenters. The van der Waals surface area contributed by atoms with Crippen LogP contribution in [0.3, 0.4) is 0 Å². The average molecular weight is 406 g/mol. The minimum absolute atomic E-state index is 0. The number of nitrogens with one attached hydrogen (secondary N) is 2. The van der Waals surface area contributed by atoms with Crippen LogP contribution in [0.4, 0.5) is 0 Å². The minimum Gasteiger partial charge on any atom is -0.385 e. The van der Waals surface area contributed by atoms with Gasteiger partial charge in [0.2, 0.25) is 0 Å². The van der Waals surface area contributed by atoms with Crippen molar-refractivity contribution in [1.29, 1.82) is 0 Å². The van der Waals surface area contributed by atoms with Crippen molar-refractivity contribution in [2.75, 3.05) is 39.4 Å². The molecule has 0 spiro atoms. The number of rotatable bonds is 6. The van der Waals surface area contributed by atoms with Gasteiger partial charge in [-0.25, -0.2) is 4.98 Å². The predicted molar refractivity (Wildman–Crippen MR) is 107 cm³/mol. The molecule has 0 saturated carbocycles. The molecule has 0 amide bonds. The first-order chi connectivity index (χ1) is 11.3. The molecule has 3 rings (SSSR count). The highest BCUT2D eigenvalue weighted by molar-refractivity contribution is 7.09. The molecule has 0 aliphatic carbocycles. The van der Waals surface area contributed by atoms with E-state index < -0.39 is 5.60 Å². The van der Waals surface area contributed by atoms with Crippen molar-refractivity contribution in [3.8, 4) is 11.3 Å². The van der Waals surface area contributed by atoms with Crippen LogP contribution >= 0.6 is 36.2 Å². The monoisotopic (exact) mass is 405 g/mol. The van der Waals surface area contributed by atoms with Crippen LogP contribution in [0, 0.1) is 0 Å². The number of aliphatic hydroxyl groups is 1. The molecule has 2 aromatic rings. The van der Waals surface area contributed by atoms with Gasteiger partial charge < -0.3 is 20.5 Å². The number of hydrogen-bond donors (Lipinski definition) is 3. The van der Waals surface area contributed by atoms with Gasteiger partial charge in [0.1, 0.15) is 5.60 Å². The molecule has 1 aliphatic heterocycles. The number of hydrogen-bond acceptors (Lipinski definition) is 6. The second kappa shape index (κ2) is 11.1. The Labute approximate surface area is 165 Å². The van der Waals surface area contributed by atoms with Gasteiger partial charge in [-0.1, -0.05) is 30.3 Å². The van der Waals surface area contributed by atoms with Crippen LogP contribution in [0.15, 0.2) is 35.7 Å². The second-order valence-electron chi connectivity index (χ2n) is 5.87. The lowest BCUT2D eigenvalue weighted by molar-refractivity contribution is -0.0260. The molecule has 3 N–H and O–H groups in total. The molecular weight excluding hydrogens is 381 g/mol. The minimum atomic E-state index is -0.825. The summed E-state index contributed by atoms with van der Waals surface area (Å²) in [5.74, 6) is 0. The van der Waals surface area contributed by atoms with E-state index in [4.69, 9.17) is 4.74 Å². The Balaban J connectivity index is 0.00000156. The predicted octanol–water partition coefficient (Wildman–Crippen LogP) is 2.14. The Morgan fingerprint density at radius 2 is 2.08 bits per heavy atom. The highest BCUT2D eigenvalue weighted by atomic mass is 35.5. The summed E-state index contributed by atoms with van der Waals surface area (Å²) in [6, 6.07) is 10.2. The van der Waals surface area contributed by atoms with Crippen molar-refractivity contribution in [2.24, 2.45) is 0 Å². The third kappa shape index (κ3) is 6.83. The van der Waals surface area contributed by atoms with Crippen LogP contribution in [0.5, 0.6) is 0 Å².